The summed E-state index contributed by atoms with van der Waals surface area (Å²) in [6.07, 6.45) is 0.943. The fraction of sp³-hybridized carbons (Fsp3) is 0.294. The van der Waals surface area contributed by atoms with E-state index in [4.69, 9.17) is 4.74 Å². The van der Waals surface area contributed by atoms with Crippen molar-refractivity contribution < 1.29 is 9.13 Å². The van der Waals surface area contributed by atoms with Gasteiger partial charge in [-0.3, -0.25) is 0 Å². The standard InChI is InChI=1S/C17H20FNO/c1-13-6-3-4-7-14(13)10-11-19-12-15-8-5-9-16(20-2)17(15)18/h3-9,19H,10-12H2,1-2H3. The molecule has 0 aliphatic rings. The molecule has 3 heteroatoms. The monoisotopic (exact) mass is 273 g/mol. The van der Waals surface area contributed by atoms with Crippen LogP contribution in [0.25, 0.3) is 0 Å². The fourth-order valence-corrected chi connectivity index (χ4v) is 2.19. The number of rotatable bonds is 6. The van der Waals surface area contributed by atoms with Crippen LogP contribution in [0.1, 0.15) is 16.7 Å². The molecule has 0 saturated carbocycles. The van der Waals surface area contributed by atoms with E-state index in [0.29, 0.717) is 17.9 Å². The molecule has 0 aliphatic carbocycles. The van der Waals surface area contributed by atoms with E-state index >= 15 is 0 Å². The SMILES string of the molecule is COc1cccc(CNCCc2ccccc2C)c1F. The molecule has 2 rings (SSSR count). The van der Waals surface area contributed by atoms with E-state index in [0.717, 1.165) is 13.0 Å². The number of benzene rings is 2. The molecule has 2 aromatic rings. The Hall–Kier alpha value is -1.87. The van der Waals surface area contributed by atoms with Gasteiger partial charge in [-0.05, 0) is 37.1 Å². The van der Waals surface area contributed by atoms with Crippen molar-refractivity contribution in [3.63, 3.8) is 0 Å². The summed E-state index contributed by atoms with van der Waals surface area (Å²) in [6, 6.07) is 13.5. The molecule has 0 amide bonds. The number of hydrogen-bond donors (Lipinski definition) is 1. The van der Waals surface area contributed by atoms with Gasteiger partial charge >= 0.3 is 0 Å². The molecule has 0 radical (unpaired) electrons. The summed E-state index contributed by atoms with van der Waals surface area (Å²) in [5.74, 6) is 0.0154. The van der Waals surface area contributed by atoms with Crippen LogP contribution in [0.2, 0.25) is 0 Å². The van der Waals surface area contributed by atoms with Crippen LogP contribution < -0.4 is 10.1 Å². The maximum Gasteiger partial charge on any atom is 0.169 e. The molecule has 0 atom stereocenters. The second-order valence-electron chi connectivity index (χ2n) is 4.79. The van der Waals surface area contributed by atoms with Crippen molar-refractivity contribution in [3.05, 3.63) is 65.0 Å². The van der Waals surface area contributed by atoms with E-state index < -0.39 is 0 Å². The average molecular weight is 273 g/mol. The second kappa shape index (κ2) is 7.06. The van der Waals surface area contributed by atoms with E-state index in [1.165, 1.54) is 18.2 Å². The predicted octanol–water partition coefficient (Wildman–Crippen LogP) is 3.48. The van der Waals surface area contributed by atoms with Crippen molar-refractivity contribution in [2.24, 2.45) is 0 Å². The summed E-state index contributed by atoms with van der Waals surface area (Å²) in [5.41, 5.74) is 3.25. The quantitative estimate of drug-likeness (QED) is 0.814. The Morgan fingerprint density at radius 1 is 1.05 bits per heavy atom. The molecule has 1 N–H and O–H groups in total. The van der Waals surface area contributed by atoms with Crippen molar-refractivity contribution in [2.45, 2.75) is 19.9 Å². The molecule has 0 heterocycles. The van der Waals surface area contributed by atoms with Gasteiger partial charge in [0.05, 0.1) is 7.11 Å². The summed E-state index contributed by atoms with van der Waals surface area (Å²) in [7, 11) is 1.48. The lowest BCUT2D eigenvalue weighted by molar-refractivity contribution is 0.383. The lowest BCUT2D eigenvalue weighted by atomic mass is 10.1. The number of aryl methyl sites for hydroxylation is 1. The van der Waals surface area contributed by atoms with Gasteiger partial charge in [-0.2, -0.15) is 0 Å². The largest absolute Gasteiger partial charge is 0.494 e. The first kappa shape index (κ1) is 14.5. The smallest absolute Gasteiger partial charge is 0.169 e. The molecule has 0 saturated heterocycles. The average Bonchev–Trinajstić information content (AvgIpc) is 2.47. The third-order valence-corrected chi connectivity index (χ3v) is 3.41. The molecule has 0 bridgehead atoms. The van der Waals surface area contributed by atoms with E-state index in [1.807, 2.05) is 12.1 Å². The molecule has 0 fully saturated rings. The minimum atomic E-state index is -0.279. The van der Waals surface area contributed by atoms with Gasteiger partial charge in [-0.25, -0.2) is 4.39 Å². The van der Waals surface area contributed by atoms with Crippen LogP contribution in [-0.2, 0) is 13.0 Å². The minimum Gasteiger partial charge on any atom is -0.494 e. The highest BCUT2D eigenvalue weighted by molar-refractivity contribution is 5.31. The normalized spacial score (nSPS) is 10.6. The Bertz CT molecular complexity index is 569. The highest BCUT2D eigenvalue weighted by Crippen LogP contribution is 2.19. The van der Waals surface area contributed by atoms with Crippen molar-refractivity contribution in [3.8, 4) is 5.75 Å². The molecule has 0 aromatic heterocycles. The fourth-order valence-electron chi connectivity index (χ4n) is 2.19. The number of nitrogens with one attached hydrogen (secondary N) is 1. The lowest BCUT2D eigenvalue weighted by Crippen LogP contribution is -2.18. The second-order valence-corrected chi connectivity index (χ2v) is 4.79. The van der Waals surface area contributed by atoms with E-state index in [-0.39, 0.29) is 5.82 Å². The molecule has 2 nitrogen and oxygen atoms in total. The van der Waals surface area contributed by atoms with Crippen LogP contribution in [-0.4, -0.2) is 13.7 Å². The van der Waals surface area contributed by atoms with Crippen LogP contribution in [0.5, 0.6) is 5.75 Å². The first-order valence-electron chi connectivity index (χ1n) is 6.79. The third kappa shape index (κ3) is 3.58. The molecular formula is C17H20FNO. The first-order valence-corrected chi connectivity index (χ1v) is 6.79. The van der Waals surface area contributed by atoms with Gasteiger partial charge in [0.1, 0.15) is 0 Å². The zero-order valence-electron chi connectivity index (χ0n) is 11.9. The summed E-state index contributed by atoms with van der Waals surface area (Å²) in [5, 5.41) is 3.27. The molecule has 2 aromatic carbocycles. The Balaban J connectivity index is 1.86. The van der Waals surface area contributed by atoms with Gasteiger partial charge in [0, 0.05) is 12.1 Å². The Morgan fingerprint density at radius 3 is 2.55 bits per heavy atom. The van der Waals surface area contributed by atoms with Crippen LogP contribution in [0.3, 0.4) is 0 Å². The Labute approximate surface area is 119 Å². The summed E-state index contributed by atoms with van der Waals surface area (Å²) < 4.78 is 18.9. The van der Waals surface area contributed by atoms with Gasteiger partial charge in [0.2, 0.25) is 0 Å². The Morgan fingerprint density at radius 2 is 1.80 bits per heavy atom. The molecule has 20 heavy (non-hydrogen) atoms. The number of ether oxygens (including phenoxy) is 1. The van der Waals surface area contributed by atoms with Gasteiger partial charge in [0.25, 0.3) is 0 Å². The third-order valence-electron chi connectivity index (χ3n) is 3.41. The zero-order valence-corrected chi connectivity index (χ0v) is 11.9. The maximum absolute atomic E-state index is 13.9. The van der Waals surface area contributed by atoms with Gasteiger partial charge in [-0.1, -0.05) is 36.4 Å². The number of halogens is 1. The van der Waals surface area contributed by atoms with Crippen molar-refractivity contribution in [2.75, 3.05) is 13.7 Å². The van der Waals surface area contributed by atoms with Crippen LogP contribution >= 0.6 is 0 Å². The minimum absolute atomic E-state index is 0.279. The van der Waals surface area contributed by atoms with Gasteiger partial charge in [0.15, 0.2) is 11.6 Å². The summed E-state index contributed by atoms with van der Waals surface area (Å²) in [4.78, 5) is 0. The van der Waals surface area contributed by atoms with Gasteiger partial charge < -0.3 is 10.1 Å². The maximum atomic E-state index is 13.9. The van der Waals surface area contributed by atoms with Crippen molar-refractivity contribution in [1.29, 1.82) is 0 Å². The molecule has 106 valence electrons. The van der Waals surface area contributed by atoms with Crippen LogP contribution in [0.4, 0.5) is 4.39 Å². The molecule has 0 spiro atoms. The highest BCUT2D eigenvalue weighted by Gasteiger charge is 2.07. The molecule has 0 aliphatic heterocycles. The zero-order chi connectivity index (χ0) is 14.4. The summed E-state index contributed by atoms with van der Waals surface area (Å²) in [6.45, 7) is 3.44. The predicted molar refractivity (Wildman–Crippen MR) is 79.5 cm³/mol. The summed E-state index contributed by atoms with van der Waals surface area (Å²) >= 11 is 0. The molecule has 0 unspecified atom stereocenters. The highest BCUT2D eigenvalue weighted by atomic mass is 19.1. The van der Waals surface area contributed by atoms with Crippen LogP contribution in [0, 0.1) is 12.7 Å². The van der Waals surface area contributed by atoms with E-state index in [1.54, 1.807) is 18.2 Å². The lowest BCUT2D eigenvalue weighted by Gasteiger charge is -2.09. The number of methoxy groups -OCH3 is 1. The van der Waals surface area contributed by atoms with E-state index in [9.17, 15) is 4.39 Å². The Kier molecular flexibility index (Phi) is 5.13. The number of hydrogen-bond acceptors (Lipinski definition) is 2. The van der Waals surface area contributed by atoms with Crippen LogP contribution in [0.15, 0.2) is 42.5 Å². The topological polar surface area (TPSA) is 21.3 Å². The van der Waals surface area contributed by atoms with E-state index in [2.05, 4.69) is 24.4 Å². The van der Waals surface area contributed by atoms with Gasteiger partial charge in [-0.15, -0.1) is 0 Å². The van der Waals surface area contributed by atoms with Crippen molar-refractivity contribution in [1.82, 2.24) is 5.32 Å². The van der Waals surface area contributed by atoms with Crippen molar-refractivity contribution >= 4 is 0 Å². The molecular weight excluding hydrogens is 253 g/mol. The first-order chi connectivity index (χ1) is 9.72.